The van der Waals surface area contributed by atoms with Gasteiger partial charge in [0.05, 0.1) is 5.69 Å². The summed E-state index contributed by atoms with van der Waals surface area (Å²) >= 11 is 5.75. The minimum atomic E-state index is -4.83. The summed E-state index contributed by atoms with van der Waals surface area (Å²) in [6, 6.07) is 9.55. The van der Waals surface area contributed by atoms with E-state index in [9.17, 15) is 22.8 Å². The van der Waals surface area contributed by atoms with Crippen LogP contribution in [0.25, 0.3) is 0 Å². The van der Waals surface area contributed by atoms with Gasteiger partial charge < -0.3 is 9.64 Å². The number of fused-ring (bicyclic) bond motifs is 1. The van der Waals surface area contributed by atoms with Gasteiger partial charge in [-0.3, -0.25) is 9.59 Å². The van der Waals surface area contributed by atoms with Crippen molar-refractivity contribution in [2.45, 2.75) is 12.8 Å². The van der Waals surface area contributed by atoms with Crippen molar-refractivity contribution in [1.29, 1.82) is 0 Å². The molecule has 0 atom stereocenters. The molecule has 0 spiro atoms. The number of anilines is 1. The summed E-state index contributed by atoms with van der Waals surface area (Å²) in [5.74, 6) is -2.01. The second-order valence-electron chi connectivity index (χ2n) is 5.38. The SMILES string of the molecule is O=C(C(=O)N1CCc2ccc(OC(F)(F)F)cc21)c1ccc(Cl)cc1. The third kappa shape index (κ3) is 3.76. The second kappa shape index (κ2) is 6.40. The summed E-state index contributed by atoms with van der Waals surface area (Å²) in [4.78, 5) is 26.0. The minimum absolute atomic E-state index is 0.158. The molecule has 2 aromatic rings. The lowest BCUT2D eigenvalue weighted by Gasteiger charge is -2.17. The fraction of sp³-hybridized carbons (Fsp3) is 0.176. The molecule has 25 heavy (non-hydrogen) atoms. The molecule has 0 fully saturated rings. The van der Waals surface area contributed by atoms with Gasteiger partial charge >= 0.3 is 6.36 Å². The van der Waals surface area contributed by atoms with Crippen LogP contribution in [0.5, 0.6) is 5.75 Å². The van der Waals surface area contributed by atoms with Crippen LogP contribution < -0.4 is 9.64 Å². The number of hydrogen-bond acceptors (Lipinski definition) is 3. The van der Waals surface area contributed by atoms with Crippen LogP contribution in [0.1, 0.15) is 15.9 Å². The Labute approximate surface area is 145 Å². The van der Waals surface area contributed by atoms with Gasteiger partial charge in [-0.1, -0.05) is 17.7 Å². The number of nitrogens with zero attached hydrogens (tertiary/aromatic N) is 1. The molecule has 0 unspecified atom stereocenters. The first-order chi connectivity index (χ1) is 11.7. The highest BCUT2D eigenvalue weighted by Crippen LogP contribution is 2.34. The summed E-state index contributed by atoms with van der Waals surface area (Å²) in [5, 5.41) is 0.421. The fourth-order valence-electron chi connectivity index (χ4n) is 2.61. The third-order valence-electron chi connectivity index (χ3n) is 3.73. The quantitative estimate of drug-likeness (QED) is 0.606. The van der Waals surface area contributed by atoms with Gasteiger partial charge in [0, 0.05) is 23.2 Å². The first-order valence-electron chi connectivity index (χ1n) is 7.25. The number of halogens is 4. The van der Waals surface area contributed by atoms with Gasteiger partial charge in [0.15, 0.2) is 0 Å². The molecule has 0 aromatic heterocycles. The molecule has 1 amide bonds. The number of ketones is 1. The topological polar surface area (TPSA) is 46.6 Å². The smallest absolute Gasteiger partial charge is 0.406 e. The van der Waals surface area contributed by atoms with E-state index in [1.165, 1.54) is 36.4 Å². The molecule has 0 saturated carbocycles. The molecular weight excluding hydrogens is 359 g/mol. The summed E-state index contributed by atoms with van der Waals surface area (Å²) in [5.41, 5.74) is 1.08. The van der Waals surface area contributed by atoms with E-state index in [2.05, 4.69) is 4.74 Å². The highest BCUT2D eigenvalue weighted by atomic mass is 35.5. The number of amides is 1. The lowest BCUT2D eigenvalue weighted by atomic mass is 10.1. The largest absolute Gasteiger partial charge is 0.573 e. The predicted molar refractivity (Wildman–Crippen MR) is 85.0 cm³/mol. The van der Waals surface area contributed by atoms with E-state index in [-0.39, 0.29) is 17.8 Å². The molecule has 1 aliphatic rings. The van der Waals surface area contributed by atoms with E-state index in [0.29, 0.717) is 17.0 Å². The molecule has 130 valence electrons. The van der Waals surface area contributed by atoms with Crippen molar-refractivity contribution in [2.24, 2.45) is 0 Å². The molecule has 0 aliphatic carbocycles. The van der Waals surface area contributed by atoms with Crippen molar-refractivity contribution in [2.75, 3.05) is 11.4 Å². The Morgan fingerprint density at radius 3 is 2.40 bits per heavy atom. The second-order valence-corrected chi connectivity index (χ2v) is 5.82. The molecule has 0 saturated heterocycles. The maximum absolute atomic E-state index is 12.5. The summed E-state index contributed by atoms with van der Waals surface area (Å²) in [7, 11) is 0. The van der Waals surface area contributed by atoms with Gasteiger partial charge in [0.25, 0.3) is 11.7 Å². The van der Waals surface area contributed by atoms with Crippen molar-refractivity contribution in [3.8, 4) is 5.75 Å². The van der Waals surface area contributed by atoms with Crippen molar-refractivity contribution in [3.05, 3.63) is 58.6 Å². The highest BCUT2D eigenvalue weighted by Gasteiger charge is 2.33. The Balaban J connectivity index is 1.86. The van der Waals surface area contributed by atoms with Crippen LogP contribution >= 0.6 is 11.6 Å². The van der Waals surface area contributed by atoms with E-state index in [4.69, 9.17) is 11.6 Å². The van der Waals surface area contributed by atoms with Gasteiger partial charge in [0.2, 0.25) is 0 Å². The zero-order valence-corrected chi connectivity index (χ0v) is 13.4. The third-order valence-corrected chi connectivity index (χ3v) is 3.98. The Morgan fingerprint density at radius 1 is 1.08 bits per heavy atom. The van der Waals surface area contributed by atoms with Crippen LogP contribution in [0.2, 0.25) is 5.02 Å². The fourth-order valence-corrected chi connectivity index (χ4v) is 2.74. The van der Waals surface area contributed by atoms with E-state index in [1.54, 1.807) is 0 Å². The molecule has 3 rings (SSSR count). The van der Waals surface area contributed by atoms with Crippen LogP contribution in [-0.2, 0) is 11.2 Å². The molecule has 0 radical (unpaired) electrons. The van der Waals surface area contributed by atoms with Crippen molar-refractivity contribution < 1.29 is 27.5 Å². The number of carbonyl (C=O) groups is 2. The Kier molecular flexibility index (Phi) is 4.43. The monoisotopic (exact) mass is 369 g/mol. The van der Waals surface area contributed by atoms with Gasteiger partial charge in [-0.25, -0.2) is 0 Å². The number of Topliss-reactive ketones (excluding diaryl/α,β-unsaturated/α-hetero) is 1. The van der Waals surface area contributed by atoms with Crippen LogP contribution in [0.15, 0.2) is 42.5 Å². The first-order valence-corrected chi connectivity index (χ1v) is 7.63. The van der Waals surface area contributed by atoms with E-state index in [0.717, 1.165) is 11.0 Å². The average molecular weight is 370 g/mol. The molecule has 8 heteroatoms. The lowest BCUT2D eigenvalue weighted by Crippen LogP contribution is -2.35. The van der Waals surface area contributed by atoms with Crippen LogP contribution in [0, 0.1) is 0 Å². The van der Waals surface area contributed by atoms with Gasteiger partial charge in [-0.2, -0.15) is 0 Å². The standard InChI is InChI=1S/C17H11ClF3NO3/c18-12-4-1-11(2-5-12)15(23)16(24)22-8-7-10-3-6-13(9-14(10)22)25-17(19,20)21/h1-6,9H,7-8H2. The number of rotatable bonds is 3. The maximum atomic E-state index is 12.5. The number of benzene rings is 2. The average Bonchev–Trinajstić information content (AvgIpc) is 2.96. The predicted octanol–water partition coefficient (Wildman–Crippen LogP) is 4.01. The minimum Gasteiger partial charge on any atom is -0.406 e. The van der Waals surface area contributed by atoms with Crippen LogP contribution in [0.4, 0.5) is 18.9 Å². The highest BCUT2D eigenvalue weighted by molar-refractivity contribution is 6.47. The normalized spacial score (nSPS) is 13.5. The first kappa shape index (κ1) is 17.3. The Bertz CT molecular complexity index is 834. The van der Waals surface area contributed by atoms with Crippen LogP contribution in [0.3, 0.4) is 0 Å². The van der Waals surface area contributed by atoms with Gasteiger partial charge in [0.1, 0.15) is 5.75 Å². The summed E-state index contributed by atoms with van der Waals surface area (Å²) in [6.45, 7) is 0.211. The van der Waals surface area contributed by atoms with Gasteiger partial charge in [-0.15, -0.1) is 13.2 Å². The lowest BCUT2D eigenvalue weighted by molar-refractivity contribution is -0.274. The summed E-state index contributed by atoms with van der Waals surface area (Å²) in [6.07, 6.45) is -4.39. The molecule has 4 nitrogen and oxygen atoms in total. The van der Waals surface area contributed by atoms with Crippen LogP contribution in [-0.4, -0.2) is 24.6 Å². The number of carbonyl (C=O) groups excluding carboxylic acids is 2. The van der Waals surface area contributed by atoms with E-state index >= 15 is 0 Å². The molecule has 0 bridgehead atoms. The number of ether oxygens (including phenoxy) is 1. The van der Waals surface area contributed by atoms with Crippen molar-refractivity contribution in [3.63, 3.8) is 0 Å². The summed E-state index contributed by atoms with van der Waals surface area (Å²) < 4.78 is 41.0. The zero-order chi connectivity index (χ0) is 18.2. The zero-order valence-electron chi connectivity index (χ0n) is 12.6. The molecule has 1 aliphatic heterocycles. The molecule has 2 aromatic carbocycles. The Morgan fingerprint density at radius 2 is 1.76 bits per heavy atom. The van der Waals surface area contributed by atoms with Gasteiger partial charge in [-0.05, 0) is 42.3 Å². The van der Waals surface area contributed by atoms with E-state index in [1.807, 2.05) is 0 Å². The molecular formula is C17H11ClF3NO3. The number of alkyl halides is 3. The molecule has 1 heterocycles. The van der Waals surface area contributed by atoms with E-state index < -0.39 is 23.8 Å². The number of hydrogen-bond donors (Lipinski definition) is 0. The maximum Gasteiger partial charge on any atom is 0.573 e. The van der Waals surface area contributed by atoms with Crippen molar-refractivity contribution in [1.82, 2.24) is 0 Å². The Hall–Kier alpha value is -2.54. The van der Waals surface area contributed by atoms with Crippen molar-refractivity contribution >= 4 is 29.0 Å². The molecule has 0 N–H and O–H groups in total.